The summed E-state index contributed by atoms with van der Waals surface area (Å²) in [5, 5.41) is 6.68. The van der Waals surface area contributed by atoms with Crippen LogP contribution in [0.2, 0.25) is 0 Å². The van der Waals surface area contributed by atoms with Gasteiger partial charge in [0, 0.05) is 32.4 Å². The smallest absolute Gasteiger partial charge is 0.191 e. The Morgan fingerprint density at radius 1 is 1.32 bits per heavy atom. The summed E-state index contributed by atoms with van der Waals surface area (Å²) in [6.07, 6.45) is 2.51. The largest absolute Gasteiger partial charge is 0.489 e. The molecule has 8 heteroatoms. The number of rotatable bonds is 6. The van der Waals surface area contributed by atoms with Crippen LogP contribution in [0.1, 0.15) is 13.3 Å². The zero-order valence-corrected chi connectivity index (χ0v) is 18.5. The van der Waals surface area contributed by atoms with E-state index in [-0.39, 0.29) is 41.9 Å². The molecule has 1 aromatic heterocycles. The van der Waals surface area contributed by atoms with E-state index >= 15 is 0 Å². The van der Waals surface area contributed by atoms with Crippen molar-refractivity contribution in [2.75, 3.05) is 31.6 Å². The first-order chi connectivity index (χ1) is 13.2. The molecular formula is C20H27FIN5O. The van der Waals surface area contributed by atoms with Crippen molar-refractivity contribution in [1.82, 2.24) is 15.6 Å². The van der Waals surface area contributed by atoms with Gasteiger partial charge in [0.1, 0.15) is 11.9 Å². The normalized spacial score (nSPS) is 17.6. The van der Waals surface area contributed by atoms with Crippen molar-refractivity contribution >= 4 is 35.8 Å². The molecule has 152 valence electrons. The summed E-state index contributed by atoms with van der Waals surface area (Å²) in [5.41, 5.74) is 0. The highest BCUT2D eigenvalue weighted by atomic mass is 127. The minimum atomic E-state index is -0.285. The Labute approximate surface area is 182 Å². The van der Waals surface area contributed by atoms with E-state index in [2.05, 4.69) is 20.6 Å². The van der Waals surface area contributed by atoms with Crippen LogP contribution < -0.4 is 20.3 Å². The Bertz CT molecular complexity index is 761. The van der Waals surface area contributed by atoms with Gasteiger partial charge in [0.05, 0.1) is 6.54 Å². The number of ether oxygens (including phenoxy) is 1. The van der Waals surface area contributed by atoms with Gasteiger partial charge < -0.3 is 20.3 Å². The molecule has 1 saturated heterocycles. The van der Waals surface area contributed by atoms with Crippen LogP contribution in [0.25, 0.3) is 0 Å². The third-order valence-corrected chi connectivity index (χ3v) is 4.43. The zero-order valence-electron chi connectivity index (χ0n) is 16.1. The molecule has 2 atom stereocenters. The van der Waals surface area contributed by atoms with E-state index in [9.17, 15) is 4.39 Å². The molecular weight excluding hydrogens is 472 g/mol. The number of benzene rings is 1. The van der Waals surface area contributed by atoms with Crippen LogP contribution in [-0.4, -0.2) is 49.8 Å². The summed E-state index contributed by atoms with van der Waals surface area (Å²) in [4.78, 5) is 10.4. The Balaban J connectivity index is 0.00000280. The second-order valence-electron chi connectivity index (χ2n) is 6.58. The first kappa shape index (κ1) is 22.2. The number of nitrogens with one attached hydrogen (secondary N) is 2. The fraction of sp³-hybridized carbons (Fsp3) is 0.400. The molecule has 6 nitrogen and oxygen atoms in total. The number of para-hydroxylation sites is 1. The number of pyridine rings is 1. The molecule has 1 fully saturated rings. The van der Waals surface area contributed by atoms with Gasteiger partial charge >= 0.3 is 0 Å². The van der Waals surface area contributed by atoms with E-state index in [4.69, 9.17) is 4.74 Å². The number of aromatic nitrogens is 1. The number of hydrogen-bond donors (Lipinski definition) is 2. The van der Waals surface area contributed by atoms with Crippen molar-refractivity contribution in [1.29, 1.82) is 0 Å². The van der Waals surface area contributed by atoms with E-state index < -0.39 is 0 Å². The van der Waals surface area contributed by atoms with Gasteiger partial charge in [0.15, 0.2) is 17.6 Å². The van der Waals surface area contributed by atoms with Gasteiger partial charge in [-0.25, -0.2) is 9.37 Å². The van der Waals surface area contributed by atoms with Gasteiger partial charge in [0.2, 0.25) is 0 Å². The molecule has 1 aromatic carbocycles. The summed E-state index contributed by atoms with van der Waals surface area (Å²) < 4.78 is 19.8. The standard InChI is InChI=1S/C20H26FN5O.HI/c1-15(27-17-7-4-3-5-8-17)13-24-20(22-2)25-16-10-12-26(14-16)19-18(21)9-6-11-23-19;/h3-9,11,15-16H,10,12-14H2,1-2H3,(H2,22,24,25);1H. The average Bonchev–Trinajstić information content (AvgIpc) is 3.14. The van der Waals surface area contributed by atoms with Crippen LogP contribution in [0.3, 0.4) is 0 Å². The SMILES string of the molecule is CN=C(NCC(C)Oc1ccccc1)NC1CCN(c2ncccc2F)C1.I. The lowest BCUT2D eigenvalue weighted by atomic mass is 10.3. The fourth-order valence-electron chi connectivity index (χ4n) is 3.08. The lowest BCUT2D eigenvalue weighted by Gasteiger charge is -2.21. The van der Waals surface area contributed by atoms with Crippen molar-refractivity contribution in [3.05, 3.63) is 54.5 Å². The highest BCUT2D eigenvalue weighted by Gasteiger charge is 2.26. The molecule has 2 heterocycles. The fourth-order valence-corrected chi connectivity index (χ4v) is 3.08. The van der Waals surface area contributed by atoms with Gasteiger partial charge in [0.25, 0.3) is 0 Å². The third kappa shape index (κ3) is 6.22. The number of aliphatic imine (C=N–C) groups is 1. The second-order valence-corrected chi connectivity index (χ2v) is 6.58. The van der Waals surface area contributed by atoms with Gasteiger partial charge in [-0.15, -0.1) is 24.0 Å². The van der Waals surface area contributed by atoms with Crippen LogP contribution in [0.5, 0.6) is 5.75 Å². The molecule has 0 saturated carbocycles. The van der Waals surface area contributed by atoms with Gasteiger partial charge in [-0.1, -0.05) is 18.2 Å². The Hall–Kier alpha value is -2.10. The average molecular weight is 499 g/mol. The number of halogens is 2. The maximum absolute atomic E-state index is 13.9. The molecule has 2 aromatic rings. The second kappa shape index (κ2) is 11.0. The van der Waals surface area contributed by atoms with Gasteiger partial charge in [-0.05, 0) is 37.6 Å². The molecule has 0 amide bonds. The third-order valence-electron chi connectivity index (χ3n) is 4.43. The van der Waals surface area contributed by atoms with Gasteiger partial charge in [-0.2, -0.15) is 0 Å². The Kier molecular flexibility index (Phi) is 8.75. The van der Waals surface area contributed by atoms with E-state index in [1.165, 1.54) is 6.07 Å². The number of hydrogen-bond acceptors (Lipinski definition) is 4. The van der Waals surface area contributed by atoms with Gasteiger partial charge in [-0.3, -0.25) is 4.99 Å². The topological polar surface area (TPSA) is 61.8 Å². The number of anilines is 1. The van der Waals surface area contributed by atoms with Crippen LogP contribution in [0.15, 0.2) is 53.7 Å². The maximum atomic E-state index is 13.9. The quantitative estimate of drug-likeness (QED) is 0.364. The van der Waals surface area contributed by atoms with E-state index in [0.717, 1.165) is 18.7 Å². The molecule has 1 aliphatic heterocycles. The van der Waals surface area contributed by atoms with Crippen molar-refractivity contribution < 1.29 is 9.13 Å². The van der Waals surface area contributed by atoms with E-state index in [0.29, 0.717) is 24.9 Å². The van der Waals surface area contributed by atoms with E-state index in [1.54, 1.807) is 19.3 Å². The van der Waals surface area contributed by atoms with Crippen molar-refractivity contribution in [3.8, 4) is 5.75 Å². The molecule has 2 unspecified atom stereocenters. The number of nitrogens with zero attached hydrogens (tertiary/aromatic N) is 3. The first-order valence-corrected chi connectivity index (χ1v) is 9.20. The summed E-state index contributed by atoms with van der Waals surface area (Å²) in [5.74, 6) is 1.69. The lowest BCUT2D eigenvalue weighted by molar-refractivity contribution is 0.223. The lowest BCUT2D eigenvalue weighted by Crippen LogP contribution is -2.47. The molecule has 3 rings (SSSR count). The van der Waals surface area contributed by atoms with Crippen molar-refractivity contribution in [3.63, 3.8) is 0 Å². The van der Waals surface area contributed by atoms with Crippen molar-refractivity contribution in [2.45, 2.75) is 25.5 Å². The maximum Gasteiger partial charge on any atom is 0.191 e. The van der Waals surface area contributed by atoms with Crippen molar-refractivity contribution in [2.24, 2.45) is 4.99 Å². The summed E-state index contributed by atoms with van der Waals surface area (Å²) in [6, 6.07) is 13.0. The molecule has 2 N–H and O–H groups in total. The molecule has 1 aliphatic rings. The molecule has 0 bridgehead atoms. The molecule has 0 aliphatic carbocycles. The minimum Gasteiger partial charge on any atom is -0.489 e. The van der Waals surface area contributed by atoms with E-state index in [1.807, 2.05) is 42.2 Å². The predicted molar refractivity (Wildman–Crippen MR) is 121 cm³/mol. The molecule has 0 spiro atoms. The van der Waals surface area contributed by atoms with Crippen LogP contribution in [-0.2, 0) is 0 Å². The molecule has 28 heavy (non-hydrogen) atoms. The Morgan fingerprint density at radius 3 is 2.82 bits per heavy atom. The minimum absolute atomic E-state index is 0. The molecule has 0 radical (unpaired) electrons. The Morgan fingerprint density at radius 2 is 2.11 bits per heavy atom. The summed E-state index contributed by atoms with van der Waals surface area (Å²) in [6.45, 7) is 4.08. The highest BCUT2D eigenvalue weighted by molar-refractivity contribution is 14.0. The van der Waals surface area contributed by atoms with Crippen LogP contribution in [0, 0.1) is 5.82 Å². The van der Waals surface area contributed by atoms with Crippen LogP contribution in [0.4, 0.5) is 10.2 Å². The predicted octanol–water partition coefficient (Wildman–Crippen LogP) is 3.05. The first-order valence-electron chi connectivity index (χ1n) is 9.20. The highest BCUT2D eigenvalue weighted by Crippen LogP contribution is 2.20. The monoisotopic (exact) mass is 499 g/mol. The number of guanidine groups is 1. The summed E-state index contributed by atoms with van der Waals surface area (Å²) in [7, 11) is 1.74. The van der Waals surface area contributed by atoms with Crippen LogP contribution >= 0.6 is 24.0 Å². The summed E-state index contributed by atoms with van der Waals surface area (Å²) >= 11 is 0. The zero-order chi connectivity index (χ0) is 19.1.